The van der Waals surface area contributed by atoms with Crippen molar-refractivity contribution in [3.05, 3.63) is 67.3 Å². The minimum atomic E-state index is -4.47. The molecule has 0 radical (unpaired) electrons. The number of hydrogen-bond acceptors (Lipinski definition) is 2. The zero-order valence-corrected chi connectivity index (χ0v) is 12.1. The average Bonchev–Trinajstić information content (AvgIpc) is 2.49. The summed E-state index contributed by atoms with van der Waals surface area (Å²) in [7, 11) is 0. The minimum absolute atomic E-state index is 0.0586. The minimum Gasteiger partial charge on any atom is -0.373 e. The van der Waals surface area contributed by atoms with E-state index in [4.69, 9.17) is 5.41 Å². The summed E-state index contributed by atoms with van der Waals surface area (Å²) in [5.41, 5.74) is 0.970. The maximum Gasteiger partial charge on any atom is 0.409 e. The molecule has 1 aromatic rings. The molecule has 0 aliphatic rings. The summed E-state index contributed by atoms with van der Waals surface area (Å²) < 4.78 is 40.1. The van der Waals surface area contributed by atoms with Crippen LogP contribution < -0.4 is 5.32 Å². The monoisotopic (exact) mass is 308 g/mol. The van der Waals surface area contributed by atoms with Crippen LogP contribution in [0.4, 0.5) is 18.9 Å². The Balaban J connectivity index is 3.03. The van der Waals surface area contributed by atoms with Gasteiger partial charge in [-0.3, -0.25) is 0 Å². The fourth-order valence-electron chi connectivity index (χ4n) is 2.06. The molecule has 5 heteroatoms. The van der Waals surface area contributed by atoms with E-state index in [0.29, 0.717) is 11.3 Å². The van der Waals surface area contributed by atoms with Gasteiger partial charge in [0.15, 0.2) is 0 Å². The highest BCUT2D eigenvalue weighted by atomic mass is 19.4. The van der Waals surface area contributed by atoms with Crippen LogP contribution in [0.2, 0.25) is 0 Å². The normalized spacial score (nSPS) is 14.8. The quantitative estimate of drug-likeness (QED) is 0.515. The molecule has 2 atom stereocenters. The van der Waals surface area contributed by atoms with Gasteiger partial charge in [0.2, 0.25) is 0 Å². The molecule has 1 rings (SSSR count). The van der Waals surface area contributed by atoms with Gasteiger partial charge in [0, 0.05) is 17.8 Å². The van der Waals surface area contributed by atoms with E-state index in [9.17, 15) is 13.2 Å². The summed E-state index contributed by atoms with van der Waals surface area (Å²) in [6.45, 7) is 7.10. The van der Waals surface area contributed by atoms with Crippen molar-refractivity contribution >= 4 is 11.9 Å². The summed E-state index contributed by atoms with van der Waals surface area (Å²) in [6.07, 6.45) is 0.981. The number of nitrogens with one attached hydrogen (secondary N) is 2. The number of anilines is 1. The van der Waals surface area contributed by atoms with Crippen molar-refractivity contribution in [3.63, 3.8) is 0 Å². The van der Waals surface area contributed by atoms with Crippen LogP contribution in [0.3, 0.4) is 0 Å². The van der Waals surface area contributed by atoms with Gasteiger partial charge < -0.3 is 10.7 Å². The molecule has 0 aliphatic carbocycles. The molecule has 22 heavy (non-hydrogen) atoms. The lowest BCUT2D eigenvalue weighted by molar-refractivity contribution is -0.148. The van der Waals surface area contributed by atoms with E-state index in [1.807, 2.05) is 0 Å². The van der Waals surface area contributed by atoms with E-state index in [1.54, 1.807) is 36.4 Å². The second-order valence-corrected chi connectivity index (χ2v) is 4.75. The molecule has 0 saturated carbocycles. The van der Waals surface area contributed by atoms with Crippen LogP contribution in [0.25, 0.3) is 0 Å². The first-order valence-electron chi connectivity index (χ1n) is 6.75. The number of benzene rings is 1. The van der Waals surface area contributed by atoms with Crippen LogP contribution >= 0.6 is 0 Å². The smallest absolute Gasteiger partial charge is 0.373 e. The molecule has 0 aromatic heterocycles. The fraction of sp³-hybridized carbons (Fsp3) is 0.235. The van der Waals surface area contributed by atoms with Crippen molar-refractivity contribution < 1.29 is 13.2 Å². The van der Waals surface area contributed by atoms with Crippen molar-refractivity contribution in [1.82, 2.24) is 0 Å². The summed E-state index contributed by atoms with van der Waals surface area (Å²) in [6, 6.07) is 6.32. The third kappa shape index (κ3) is 5.24. The van der Waals surface area contributed by atoms with Gasteiger partial charge in [0.05, 0.1) is 0 Å². The van der Waals surface area contributed by atoms with Crippen molar-refractivity contribution in [2.24, 2.45) is 5.92 Å². The fourth-order valence-corrected chi connectivity index (χ4v) is 2.06. The third-order valence-corrected chi connectivity index (χ3v) is 3.16. The van der Waals surface area contributed by atoms with Crippen molar-refractivity contribution in [1.29, 1.82) is 5.41 Å². The lowest BCUT2D eigenvalue weighted by Gasteiger charge is -2.28. The first-order chi connectivity index (χ1) is 10.4. The Labute approximate surface area is 128 Å². The van der Waals surface area contributed by atoms with Crippen molar-refractivity contribution in [2.75, 3.05) is 5.32 Å². The Morgan fingerprint density at radius 2 is 1.86 bits per heavy atom. The second kappa shape index (κ2) is 8.22. The Bertz CT molecular complexity index is 533. The lowest BCUT2D eigenvalue weighted by Crippen LogP contribution is -2.43. The highest BCUT2D eigenvalue weighted by Gasteiger charge is 2.44. The lowest BCUT2D eigenvalue weighted by atomic mass is 9.92. The maximum atomic E-state index is 13.4. The van der Waals surface area contributed by atoms with Gasteiger partial charge in [-0.1, -0.05) is 49.6 Å². The highest BCUT2D eigenvalue weighted by molar-refractivity contribution is 5.61. The van der Waals surface area contributed by atoms with Crippen LogP contribution in [0.5, 0.6) is 0 Å². The Hall–Kier alpha value is -2.30. The first kappa shape index (κ1) is 17.8. The molecule has 0 aliphatic heterocycles. The largest absolute Gasteiger partial charge is 0.409 e. The Morgan fingerprint density at radius 1 is 1.23 bits per heavy atom. The van der Waals surface area contributed by atoms with Crippen LogP contribution in [0.15, 0.2) is 67.3 Å². The number of halogens is 3. The number of hydrogen-bond donors (Lipinski definition) is 2. The predicted octanol–water partition coefficient (Wildman–Crippen LogP) is 4.98. The molecule has 118 valence electrons. The standard InChI is InChI=1S/C17H19F3N2/c1-3-8-13(4-2)11-14(12-21)16(17(18,19)20)22-15-9-6-5-7-10-15/h3-10,12,14,16,21-22H,1-2,11H2/b13-8+,21-12?. The van der Waals surface area contributed by atoms with E-state index in [0.717, 1.165) is 6.21 Å². The van der Waals surface area contributed by atoms with Gasteiger partial charge >= 0.3 is 6.18 Å². The summed E-state index contributed by atoms with van der Waals surface area (Å²) in [5.74, 6) is -1.04. The maximum absolute atomic E-state index is 13.4. The number of para-hydroxylation sites is 1. The van der Waals surface area contributed by atoms with Crippen LogP contribution in [-0.4, -0.2) is 18.4 Å². The average molecular weight is 308 g/mol. The molecule has 2 N–H and O–H groups in total. The van der Waals surface area contributed by atoms with Crippen LogP contribution in [0.1, 0.15) is 6.42 Å². The molecular formula is C17H19F3N2. The zero-order chi connectivity index (χ0) is 16.6. The molecule has 2 nitrogen and oxygen atoms in total. The summed E-state index contributed by atoms with van der Waals surface area (Å²) in [4.78, 5) is 0. The van der Waals surface area contributed by atoms with Gasteiger partial charge in [-0.2, -0.15) is 13.2 Å². The summed E-state index contributed by atoms with van der Waals surface area (Å²) >= 11 is 0. The van der Waals surface area contributed by atoms with Crippen LogP contribution in [-0.2, 0) is 0 Å². The molecule has 0 spiro atoms. The molecule has 0 heterocycles. The van der Waals surface area contributed by atoms with Crippen molar-refractivity contribution in [2.45, 2.75) is 18.6 Å². The predicted molar refractivity (Wildman–Crippen MR) is 85.3 cm³/mol. The molecule has 0 fully saturated rings. The van der Waals surface area contributed by atoms with E-state index < -0.39 is 18.1 Å². The van der Waals surface area contributed by atoms with E-state index in [1.165, 1.54) is 12.2 Å². The summed E-state index contributed by atoms with van der Waals surface area (Å²) in [5, 5.41) is 9.86. The molecular weight excluding hydrogens is 289 g/mol. The third-order valence-electron chi connectivity index (χ3n) is 3.16. The number of alkyl halides is 3. The van der Waals surface area contributed by atoms with E-state index >= 15 is 0 Å². The van der Waals surface area contributed by atoms with Gasteiger partial charge in [-0.15, -0.1) is 0 Å². The molecule has 0 saturated heterocycles. The van der Waals surface area contributed by atoms with Crippen LogP contribution in [0, 0.1) is 11.3 Å². The Kier molecular flexibility index (Phi) is 6.63. The van der Waals surface area contributed by atoms with Gasteiger partial charge in [-0.25, -0.2) is 0 Å². The number of allylic oxidation sites excluding steroid dienone is 4. The van der Waals surface area contributed by atoms with E-state index in [-0.39, 0.29) is 6.42 Å². The Morgan fingerprint density at radius 3 is 2.32 bits per heavy atom. The highest BCUT2D eigenvalue weighted by Crippen LogP contribution is 2.31. The van der Waals surface area contributed by atoms with Gasteiger partial charge in [-0.05, 0) is 24.1 Å². The first-order valence-corrected chi connectivity index (χ1v) is 6.75. The molecule has 1 aromatic carbocycles. The zero-order valence-electron chi connectivity index (χ0n) is 12.1. The van der Waals surface area contributed by atoms with Crippen molar-refractivity contribution in [3.8, 4) is 0 Å². The van der Waals surface area contributed by atoms with E-state index in [2.05, 4.69) is 18.5 Å². The van der Waals surface area contributed by atoms with Gasteiger partial charge in [0.1, 0.15) is 6.04 Å². The second-order valence-electron chi connectivity index (χ2n) is 4.75. The van der Waals surface area contributed by atoms with Gasteiger partial charge in [0.25, 0.3) is 0 Å². The topological polar surface area (TPSA) is 35.9 Å². The molecule has 2 unspecified atom stereocenters. The SMILES string of the molecule is C=C/C=C(\C=C)CC(C=N)C(Nc1ccccc1)C(F)(F)F. The number of rotatable bonds is 8. The molecule has 0 amide bonds. The molecule has 0 bridgehead atoms.